The first-order valence-electron chi connectivity index (χ1n) is 7.51. The molecule has 1 aliphatic rings. The van der Waals surface area contributed by atoms with E-state index in [1.54, 1.807) is 12.1 Å². The predicted octanol–water partition coefficient (Wildman–Crippen LogP) is 2.00. The number of fused-ring (bicyclic) bond motifs is 1. The lowest BCUT2D eigenvalue weighted by molar-refractivity contribution is 0.114. The molecule has 7 nitrogen and oxygen atoms in total. The Hall–Kier alpha value is -1.38. The lowest BCUT2D eigenvalue weighted by Crippen LogP contribution is -2.40. The largest absolute Gasteiger partial charge is 0.476 e. The Kier molecular flexibility index (Phi) is 4.48. The van der Waals surface area contributed by atoms with Gasteiger partial charge < -0.3 is 4.74 Å². The second kappa shape index (κ2) is 6.26. The van der Waals surface area contributed by atoms with E-state index in [0.29, 0.717) is 16.7 Å². The Morgan fingerprint density at radius 1 is 1.30 bits per heavy atom. The summed E-state index contributed by atoms with van der Waals surface area (Å²) in [5.41, 5.74) is 0.181. The minimum absolute atomic E-state index is 0.0614. The van der Waals surface area contributed by atoms with E-state index < -0.39 is 15.4 Å². The standard InChI is InChI=1S/C14H19ClN4O3S/c15-11-8-17-12-4-5-13(18-19(11)12)22-9-14(10-23(16,20)21)6-2-1-3-7-14/h4-5,8H,1-3,6-7,9-10H2,(H2,16,20,21). The van der Waals surface area contributed by atoms with Crippen molar-refractivity contribution in [2.75, 3.05) is 12.4 Å². The van der Waals surface area contributed by atoms with Crippen LogP contribution in [0.3, 0.4) is 0 Å². The average Bonchev–Trinajstić information content (AvgIpc) is 2.86. The molecule has 0 spiro atoms. The Morgan fingerprint density at radius 2 is 2.04 bits per heavy atom. The van der Waals surface area contributed by atoms with Crippen LogP contribution < -0.4 is 9.88 Å². The van der Waals surface area contributed by atoms with Crippen LogP contribution in [0.15, 0.2) is 18.3 Å². The third-order valence-electron chi connectivity index (χ3n) is 4.24. The summed E-state index contributed by atoms with van der Waals surface area (Å²) >= 11 is 5.99. The third kappa shape index (κ3) is 3.94. The van der Waals surface area contributed by atoms with E-state index in [1.807, 2.05) is 0 Å². The lowest BCUT2D eigenvalue weighted by Gasteiger charge is -2.35. The van der Waals surface area contributed by atoms with Crippen LogP contribution in [0.25, 0.3) is 5.65 Å². The quantitative estimate of drug-likeness (QED) is 0.881. The smallest absolute Gasteiger partial charge is 0.231 e. The van der Waals surface area contributed by atoms with Crippen molar-refractivity contribution < 1.29 is 13.2 Å². The molecule has 0 atom stereocenters. The van der Waals surface area contributed by atoms with Gasteiger partial charge >= 0.3 is 0 Å². The van der Waals surface area contributed by atoms with Crippen LogP contribution in [0.4, 0.5) is 0 Å². The van der Waals surface area contributed by atoms with Crippen molar-refractivity contribution in [1.29, 1.82) is 0 Å². The van der Waals surface area contributed by atoms with Crippen molar-refractivity contribution in [2.45, 2.75) is 32.1 Å². The monoisotopic (exact) mass is 358 g/mol. The van der Waals surface area contributed by atoms with E-state index in [1.165, 1.54) is 10.7 Å². The average molecular weight is 359 g/mol. The molecule has 0 aromatic carbocycles. The molecule has 1 aliphatic carbocycles. The molecule has 0 amide bonds. The van der Waals surface area contributed by atoms with Gasteiger partial charge in [0.15, 0.2) is 10.8 Å². The van der Waals surface area contributed by atoms with E-state index >= 15 is 0 Å². The molecular weight excluding hydrogens is 340 g/mol. The summed E-state index contributed by atoms with van der Waals surface area (Å²) in [6.07, 6.45) is 6.17. The zero-order valence-corrected chi connectivity index (χ0v) is 14.2. The summed E-state index contributed by atoms with van der Waals surface area (Å²) in [6.45, 7) is 0.272. The summed E-state index contributed by atoms with van der Waals surface area (Å²) < 4.78 is 30.4. The van der Waals surface area contributed by atoms with Crippen LogP contribution in [0, 0.1) is 5.41 Å². The predicted molar refractivity (Wildman–Crippen MR) is 87.0 cm³/mol. The Balaban J connectivity index is 1.78. The van der Waals surface area contributed by atoms with Crippen LogP contribution in [0.1, 0.15) is 32.1 Å². The normalized spacial score (nSPS) is 18.2. The number of nitrogens with two attached hydrogens (primary N) is 1. The molecule has 3 rings (SSSR count). The number of halogens is 1. The molecule has 126 valence electrons. The number of hydrogen-bond acceptors (Lipinski definition) is 5. The van der Waals surface area contributed by atoms with Gasteiger partial charge in [-0.1, -0.05) is 30.9 Å². The molecule has 0 unspecified atom stereocenters. The highest BCUT2D eigenvalue weighted by atomic mass is 35.5. The van der Waals surface area contributed by atoms with Crippen molar-refractivity contribution in [1.82, 2.24) is 14.6 Å². The Morgan fingerprint density at radius 3 is 2.74 bits per heavy atom. The molecule has 0 radical (unpaired) electrons. The van der Waals surface area contributed by atoms with Crippen LogP contribution >= 0.6 is 11.6 Å². The molecule has 9 heteroatoms. The van der Waals surface area contributed by atoms with Crippen molar-refractivity contribution in [2.24, 2.45) is 10.6 Å². The van der Waals surface area contributed by atoms with E-state index in [-0.39, 0.29) is 12.4 Å². The number of nitrogens with zero attached hydrogens (tertiary/aromatic N) is 3. The van der Waals surface area contributed by atoms with E-state index in [2.05, 4.69) is 10.1 Å². The highest BCUT2D eigenvalue weighted by molar-refractivity contribution is 7.89. The fraction of sp³-hybridized carbons (Fsp3) is 0.571. The number of rotatable bonds is 5. The van der Waals surface area contributed by atoms with Gasteiger partial charge in [-0.25, -0.2) is 18.5 Å². The molecule has 1 fully saturated rings. The molecule has 0 aliphatic heterocycles. The van der Waals surface area contributed by atoms with Gasteiger partial charge in [-0.2, -0.15) is 4.52 Å². The lowest BCUT2D eigenvalue weighted by atomic mass is 9.76. The summed E-state index contributed by atoms with van der Waals surface area (Å²) in [4.78, 5) is 4.09. The minimum Gasteiger partial charge on any atom is -0.476 e. The van der Waals surface area contributed by atoms with Gasteiger partial charge in [-0.15, -0.1) is 5.10 Å². The second-order valence-corrected chi connectivity index (χ2v) is 8.18. The van der Waals surface area contributed by atoms with E-state index in [4.69, 9.17) is 21.5 Å². The molecule has 0 bridgehead atoms. The van der Waals surface area contributed by atoms with Gasteiger partial charge in [0.25, 0.3) is 0 Å². The summed E-state index contributed by atoms with van der Waals surface area (Å²) in [5.74, 6) is 0.324. The van der Waals surface area contributed by atoms with Crippen LogP contribution in [0.5, 0.6) is 5.88 Å². The molecular formula is C14H19ClN4O3S. The summed E-state index contributed by atoms with van der Waals surface area (Å²) in [7, 11) is -3.56. The van der Waals surface area contributed by atoms with Crippen molar-refractivity contribution in [3.63, 3.8) is 0 Å². The van der Waals surface area contributed by atoms with Gasteiger partial charge in [0, 0.05) is 11.5 Å². The zero-order valence-electron chi connectivity index (χ0n) is 12.6. The second-order valence-electron chi connectivity index (χ2n) is 6.18. The SMILES string of the molecule is NS(=O)(=O)CC1(COc2ccc3ncc(Cl)n3n2)CCCCC1. The van der Waals surface area contributed by atoms with Crippen molar-refractivity contribution >= 4 is 27.3 Å². The number of sulfonamides is 1. The van der Waals surface area contributed by atoms with Gasteiger partial charge in [0.2, 0.25) is 15.9 Å². The minimum atomic E-state index is -3.56. The number of aromatic nitrogens is 3. The number of hydrogen-bond donors (Lipinski definition) is 1. The maximum Gasteiger partial charge on any atom is 0.231 e. The molecule has 2 aromatic heterocycles. The van der Waals surface area contributed by atoms with Gasteiger partial charge in [0.1, 0.15) is 0 Å². The van der Waals surface area contributed by atoms with E-state index in [0.717, 1.165) is 32.1 Å². The van der Waals surface area contributed by atoms with Gasteiger partial charge in [0.05, 0.1) is 18.6 Å². The van der Waals surface area contributed by atoms with E-state index in [9.17, 15) is 8.42 Å². The van der Waals surface area contributed by atoms with Crippen LogP contribution in [0.2, 0.25) is 5.15 Å². The fourth-order valence-corrected chi connectivity index (χ4v) is 4.59. The molecule has 0 saturated heterocycles. The number of ether oxygens (including phenoxy) is 1. The third-order valence-corrected chi connectivity index (χ3v) is 5.52. The number of primary sulfonamides is 1. The summed E-state index contributed by atoms with van der Waals surface area (Å²) in [5, 5.41) is 9.93. The first-order valence-corrected chi connectivity index (χ1v) is 9.60. The highest BCUT2D eigenvalue weighted by Gasteiger charge is 2.36. The fourth-order valence-electron chi connectivity index (χ4n) is 3.19. The Bertz CT molecular complexity index is 799. The maximum absolute atomic E-state index is 11.6. The topological polar surface area (TPSA) is 99.6 Å². The highest BCUT2D eigenvalue weighted by Crippen LogP contribution is 2.37. The molecule has 23 heavy (non-hydrogen) atoms. The summed E-state index contributed by atoms with van der Waals surface area (Å²) in [6, 6.07) is 3.45. The molecule has 1 saturated carbocycles. The Labute approximate surface area is 139 Å². The zero-order chi connectivity index (χ0) is 16.5. The molecule has 2 heterocycles. The van der Waals surface area contributed by atoms with Gasteiger partial charge in [-0.05, 0) is 18.9 Å². The molecule has 2 aromatic rings. The molecule has 2 N–H and O–H groups in total. The van der Waals surface area contributed by atoms with Crippen LogP contribution in [-0.4, -0.2) is 35.4 Å². The van der Waals surface area contributed by atoms with Crippen molar-refractivity contribution in [3.8, 4) is 5.88 Å². The van der Waals surface area contributed by atoms with Crippen molar-refractivity contribution in [3.05, 3.63) is 23.5 Å². The first-order chi connectivity index (χ1) is 10.9. The van der Waals surface area contributed by atoms with Crippen LogP contribution in [-0.2, 0) is 10.0 Å². The number of imidazole rings is 1. The maximum atomic E-state index is 11.6. The first kappa shape index (κ1) is 16.5. The van der Waals surface area contributed by atoms with Gasteiger partial charge in [-0.3, -0.25) is 0 Å².